The van der Waals surface area contributed by atoms with Crippen LogP contribution in [-0.4, -0.2) is 79.2 Å². The number of hydrogen-bond acceptors (Lipinski definition) is 7. The van der Waals surface area contributed by atoms with Gasteiger partial charge < -0.3 is 36.0 Å². The number of nitrogens with zero attached hydrogens (tertiary/aromatic N) is 1. The van der Waals surface area contributed by atoms with Gasteiger partial charge in [0, 0.05) is 23.8 Å². The van der Waals surface area contributed by atoms with Crippen LogP contribution in [0.4, 0.5) is 5.69 Å². The Morgan fingerprint density at radius 2 is 1.72 bits per heavy atom. The molecule has 1 aromatic carbocycles. The molecule has 29 heavy (non-hydrogen) atoms. The molecule has 0 aliphatic rings. The van der Waals surface area contributed by atoms with Crippen molar-refractivity contribution in [2.45, 2.75) is 6.10 Å². The first kappa shape index (κ1) is 26.7. The maximum absolute atomic E-state index is 12.8. The van der Waals surface area contributed by atoms with Crippen molar-refractivity contribution in [2.75, 3.05) is 44.9 Å². The lowest BCUT2D eigenvalue weighted by Crippen LogP contribution is -2.39. The number of carbonyl (C=O) groups is 3. The fourth-order valence-corrected chi connectivity index (χ4v) is 7.10. The largest absolute Gasteiger partial charge is 0.395 e. The smallest absolute Gasteiger partial charge is 0.253 e. The molecule has 0 aliphatic heterocycles. The van der Waals surface area contributed by atoms with E-state index >= 15 is 0 Å². The molecule has 10 nitrogen and oxygen atoms in total. The first-order chi connectivity index (χ1) is 13.6. The van der Waals surface area contributed by atoms with E-state index in [1.165, 1.54) is 12.0 Å². The molecule has 0 saturated heterocycles. The predicted octanol–water partition coefficient (Wildman–Crippen LogP) is -0.346. The van der Waals surface area contributed by atoms with Gasteiger partial charge in [0.25, 0.3) is 17.7 Å². The molecule has 0 bridgehead atoms. The van der Waals surface area contributed by atoms with Crippen molar-refractivity contribution >= 4 is 91.2 Å². The Balaban J connectivity index is 3.68. The van der Waals surface area contributed by atoms with E-state index in [2.05, 4.69) is 5.32 Å². The van der Waals surface area contributed by atoms with Gasteiger partial charge in [0.2, 0.25) is 0 Å². The molecule has 1 unspecified atom stereocenters. The number of nitrogens with two attached hydrogens (primary N) is 1. The van der Waals surface area contributed by atoms with Gasteiger partial charge in [-0.3, -0.25) is 14.4 Å². The van der Waals surface area contributed by atoms with Gasteiger partial charge in [-0.2, -0.15) is 0 Å². The molecule has 1 aromatic rings. The Labute approximate surface area is 207 Å². The number of amides is 3. The molecule has 13 heteroatoms. The molecule has 6 N–H and O–H groups in total. The van der Waals surface area contributed by atoms with E-state index in [9.17, 15) is 24.6 Å². The lowest BCUT2D eigenvalue weighted by molar-refractivity contribution is -0.122. The van der Waals surface area contributed by atoms with Crippen molar-refractivity contribution < 1.29 is 34.4 Å². The van der Waals surface area contributed by atoms with Crippen molar-refractivity contribution in [1.29, 1.82) is 0 Å². The zero-order valence-corrected chi connectivity index (χ0v) is 21.7. The molecular formula is C16H20I3N3O7. The van der Waals surface area contributed by atoms with Crippen molar-refractivity contribution in [3.05, 3.63) is 21.8 Å². The summed E-state index contributed by atoms with van der Waals surface area (Å²) in [6.45, 7) is -1.46. The van der Waals surface area contributed by atoms with E-state index in [0.29, 0.717) is 7.14 Å². The quantitative estimate of drug-likeness (QED) is 0.205. The number of halogens is 3. The van der Waals surface area contributed by atoms with Crippen LogP contribution < -0.4 is 16.0 Å². The number of methoxy groups -OCH3 is 1. The zero-order valence-electron chi connectivity index (χ0n) is 15.2. The second-order valence-electron chi connectivity index (χ2n) is 5.65. The average Bonchev–Trinajstić information content (AvgIpc) is 2.65. The highest BCUT2D eigenvalue weighted by atomic mass is 127. The third-order valence-electron chi connectivity index (χ3n) is 3.64. The number of aliphatic hydroxyl groups excluding tert-OH is 3. The van der Waals surface area contributed by atoms with Gasteiger partial charge in [0.1, 0.15) is 6.61 Å². The number of rotatable bonds is 10. The molecular weight excluding hydrogens is 727 g/mol. The third-order valence-corrected chi connectivity index (χ3v) is 6.82. The number of carbonyl (C=O) groups excluding carboxylic acids is 3. The van der Waals surface area contributed by atoms with Gasteiger partial charge in [-0.25, -0.2) is 0 Å². The minimum Gasteiger partial charge on any atom is -0.395 e. The van der Waals surface area contributed by atoms with E-state index < -0.39 is 30.4 Å². The summed E-state index contributed by atoms with van der Waals surface area (Å²) in [4.78, 5) is 38.6. The molecule has 0 spiro atoms. The van der Waals surface area contributed by atoms with Crippen molar-refractivity contribution in [1.82, 2.24) is 5.32 Å². The summed E-state index contributed by atoms with van der Waals surface area (Å²) in [5, 5.41) is 30.3. The number of primary amides is 1. The Bertz CT molecular complexity index is 792. The summed E-state index contributed by atoms with van der Waals surface area (Å²) in [6.07, 6.45) is -1.15. The molecule has 0 radical (unpaired) electrons. The van der Waals surface area contributed by atoms with Crippen LogP contribution in [0.3, 0.4) is 0 Å². The van der Waals surface area contributed by atoms with Gasteiger partial charge in [-0.1, -0.05) is 0 Å². The fourth-order valence-electron chi connectivity index (χ4n) is 2.33. The molecule has 3 amide bonds. The van der Waals surface area contributed by atoms with E-state index in [4.69, 9.17) is 15.6 Å². The van der Waals surface area contributed by atoms with Crippen LogP contribution in [0, 0.1) is 10.7 Å². The normalized spacial score (nSPS) is 11.8. The third kappa shape index (κ3) is 6.57. The van der Waals surface area contributed by atoms with Crippen LogP contribution >= 0.6 is 67.8 Å². The lowest BCUT2D eigenvalue weighted by atomic mass is 10.1. The highest BCUT2D eigenvalue weighted by Gasteiger charge is 2.31. The van der Waals surface area contributed by atoms with Crippen molar-refractivity contribution in [3.63, 3.8) is 0 Å². The first-order valence-corrected chi connectivity index (χ1v) is 11.3. The summed E-state index contributed by atoms with van der Waals surface area (Å²) in [6, 6.07) is 0. The lowest BCUT2D eigenvalue weighted by Gasteiger charge is -2.27. The van der Waals surface area contributed by atoms with Gasteiger partial charge in [-0.05, 0) is 67.8 Å². The summed E-state index contributed by atoms with van der Waals surface area (Å²) >= 11 is 5.57. The summed E-state index contributed by atoms with van der Waals surface area (Å²) in [7, 11) is 1.35. The maximum Gasteiger partial charge on any atom is 0.253 e. The number of nitrogens with one attached hydrogen (secondary N) is 1. The predicted molar refractivity (Wildman–Crippen MR) is 130 cm³/mol. The number of hydrogen-bond donors (Lipinski definition) is 5. The van der Waals surface area contributed by atoms with Gasteiger partial charge >= 0.3 is 0 Å². The van der Waals surface area contributed by atoms with Crippen LogP contribution in [0.1, 0.15) is 20.7 Å². The van der Waals surface area contributed by atoms with E-state index in [0.717, 1.165) is 0 Å². The second kappa shape index (κ2) is 12.5. The number of aliphatic hydroxyl groups is 3. The van der Waals surface area contributed by atoms with Crippen molar-refractivity contribution in [2.24, 2.45) is 5.73 Å². The van der Waals surface area contributed by atoms with Crippen molar-refractivity contribution in [3.8, 4) is 0 Å². The molecule has 162 valence electrons. The van der Waals surface area contributed by atoms with Crippen LogP contribution in [0.5, 0.6) is 0 Å². The standard InChI is InChI=1S/C16H20I3N3O7/c1-29-6-8(26)22(2-3-23)14-12(18)9(15(20)27)11(17)10(13(14)19)16(28)21-4-7(25)5-24/h7,23-25H,2-6H2,1H3,(H2,20,27)(H,21,28). The van der Waals surface area contributed by atoms with Crippen LogP contribution in [0.2, 0.25) is 0 Å². The highest BCUT2D eigenvalue weighted by molar-refractivity contribution is 14.1. The molecule has 0 saturated carbocycles. The first-order valence-electron chi connectivity index (χ1n) is 8.09. The Morgan fingerprint density at radius 3 is 2.21 bits per heavy atom. The average molecular weight is 747 g/mol. The Hall–Kier alpha value is -0.340. The van der Waals surface area contributed by atoms with Gasteiger partial charge in [0.15, 0.2) is 0 Å². The number of ether oxygens (including phenoxy) is 1. The topological polar surface area (TPSA) is 162 Å². The molecule has 0 fully saturated rings. The molecule has 0 aromatic heterocycles. The van der Waals surface area contributed by atoms with E-state index in [1.54, 1.807) is 0 Å². The summed E-state index contributed by atoms with van der Waals surface area (Å²) < 4.78 is 5.88. The number of benzene rings is 1. The second-order valence-corrected chi connectivity index (χ2v) is 8.89. The molecule has 0 aliphatic carbocycles. The Kier molecular flexibility index (Phi) is 11.5. The summed E-state index contributed by atoms with van der Waals surface area (Å²) in [5.74, 6) is -1.88. The number of anilines is 1. The van der Waals surface area contributed by atoms with Crippen LogP contribution in [0.25, 0.3) is 0 Å². The monoisotopic (exact) mass is 747 g/mol. The molecule has 1 atom stereocenters. The van der Waals surface area contributed by atoms with Crippen LogP contribution in [-0.2, 0) is 9.53 Å². The maximum atomic E-state index is 12.8. The van der Waals surface area contributed by atoms with Crippen LogP contribution in [0.15, 0.2) is 0 Å². The SMILES string of the molecule is COCC(=O)N(CCO)c1c(I)c(C(N)=O)c(I)c(C(=O)NCC(O)CO)c1I. The molecule has 0 heterocycles. The zero-order chi connectivity index (χ0) is 22.3. The minimum absolute atomic E-state index is 0.0580. The van der Waals surface area contributed by atoms with Gasteiger partial charge in [0.05, 0.1) is 43.3 Å². The minimum atomic E-state index is -1.15. The fraction of sp³-hybridized carbons (Fsp3) is 0.438. The van der Waals surface area contributed by atoms with E-state index in [-0.39, 0.29) is 46.7 Å². The van der Waals surface area contributed by atoms with E-state index in [1.807, 2.05) is 67.8 Å². The highest BCUT2D eigenvalue weighted by Crippen LogP contribution is 2.37. The molecule has 1 rings (SSSR count). The summed E-state index contributed by atoms with van der Waals surface area (Å²) in [5.41, 5.74) is 5.93. The Morgan fingerprint density at radius 1 is 1.14 bits per heavy atom. The van der Waals surface area contributed by atoms with Gasteiger partial charge in [-0.15, -0.1) is 0 Å².